The molecule has 154 valence electrons. The van der Waals surface area contributed by atoms with Gasteiger partial charge in [0, 0.05) is 17.7 Å². The van der Waals surface area contributed by atoms with E-state index in [1.807, 2.05) is 28.8 Å². The maximum Gasteiger partial charge on any atom is 0.145 e. The van der Waals surface area contributed by atoms with Crippen LogP contribution in [0.25, 0.3) is 33.5 Å². The van der Waals surface area contributed by atoms with Crippen molar-refractivity contribution in [2.75, 3.05) is 13.7 Å². The summed E-state index contributed by atoms with van der Waals surface area (Å²) in [5.74, 6) is 2.02. The zero-order valence-electron chi connectivity index (χ0n) is 17.4. The molecule has 0 saturated carbocycles. The first-order valence-electron chi connectivity index (χ1n) is 10.1. The van der Waals surface area contributed by atoms with Crippen LogP contribution in [0.2, 0.25) is 0 Å². The molecule has 0 saturated heterocycles. The maximum atomic E-state index is 9.75. The van der Waals surface area contributed by atoms with Crippen molar-refractivity contribution in [3.63, 3.8) is 0 Å². The highest BCUT2D eigenvalue weighted by Crippen LogP contribution is 2.41. The lowest BCUT2D eigenvalue weighted by atomic mass is 10.0. The van der Waals surface area contributed by atoms with Crippen LogP contribution in [0.5, 0.6) is 5.75 Å². The first-order chi connectivity index (χ1) is 14.5. The van der Waals surface area contributed by atoms with Crippen molar-refractivity contribution in [3.05, 3.63) is 70.7 Å². The van der Waals surface area contributed by atoms with Crippen molar-refractivity contribution in [1.82, 2.24) is 9.55 Å². The number of fused-ring (bicyclic) bond motifs is 1. The highest BCUT2D eigenvalue weighted by molar-refractivity contribution is 9.10. The summed E-state index contributed by atoms with van der Waals surface area (Å²) in [5.41, 5.74) is 6.11. The zero-order chi connectivity index (χ0) is 21.3. The smallest absolute Gasteiger partial charge is 0.145 e. The van der Waals surface area contributed by atoms with Gasteiger partial charge in [0.15, 0.2) is 0 Å². The Bertz CT molecular complexity index is 1170. The monoisotopic (exact) mass is 464 g/mol. The molecule has 4 nitrogen and oxygen atoms in total. The minimum atomic E-state index is 0.0176. The van der Waals surface area contributed by atoms with Gasteiger partial charge in [-0.05, 0) is 39.0 Å². The van der Waals surface area contributed by atoms with E-state index in [1.165, 1.54) is 5.56 Å². The zero-order valence-corrected chi connectivity index (χ0v) is 19.0. The van der Waals surface area contributed by atoms with E-state index in [4.69, 9.17) is 9.72 Å². The van der Waals surface area contributed by atoms with Crippen molar-refractivity contribution in [3.8, 4) is 28.3 Å². The third-order valence-corrected chi connectivity index (χ3v) is 6.19. The predicted molar refractivity (Wildman–Crippen MR) is 126 cm³/mol. The largest absolute Gasteiger partial charge is 0.494 e. The Balaban J connectivity index is 1.98. The van der Waals surface area contributed by atoms with Gasteiger partial charge in [0.25, 0.3) is 0 Å². The van der Waals surface area contributed by atoms with Gasteiger partial charge in [-0.3, -0.25) is 0 Å². The summed E-state index contributed by atoms with van der Waals surface area (Å²) in [5, 5.41) is 9.75. The van der Waals surface area contributed by atoms with Crippen molar-refractivity contribution in [2.45, 2.75) is 26.3 Å². The van der Waals surface area contributed by atoms with E-state index >= 15 is 0 Å². The predicted octanol–water partition coefficient (Wildman–Crippen LogP) is 6.26. The van der Waals surface area contributed by atoms with Crippen molar-refractivity contribution in [1.29, 1.82) is 0 Å². The second kappa shape index (κ2) is 8.62. The van der Waals surface area contributed by atoms with Crippen LogP contribution in [0.1, 0.15) is 25.3 Å². The molecule has 4 rings (SSSR count). The van der Waals surface area contributed by atoms with Crippen molar-refractivity contribution >= 4 is 27.0 Å². The Morgan fingerprint density at radius 1 is 1.03 bits per heavy atom. The third kappa shape index (κ3) is 3.64. The second-order valence-corrected chi connectivity index (χ2v) is 8.38. The number of methoxy groups -OCH3 is 1. The lowest BCUT2D eigenvalue weighted by Gasteiger charge is -2.13. The summed E-state index contributed by atoms with van der Waals surface area (Å²) in [6.07, 6.45) is 0. The molecule has 5 heteroatoms. The molecule has 30 heavy (non-hydrogen) atoms. The molecule has 0 radical (unpaired) electrons. The number of aliphatic hydroxyl groups is 1. The van der Waals surface area contributed by atoms with Crippen LogP contribution in [0.4, 0.5) is 0 Å². The molecule has 0 fully saturated rings. The van der Waals surface area contributed by atoms with Crippen LogP contribution in [0, 0.1) is 0 Å². The summed E-state index contributed by atoms with van der Waals surface area (Å²) < 4.78 is 8.73. The summed E-state index contributed by atoms with van der Waals surface area (Å²) in [4.78, 5) is 5.00. The van der Waals surface area contributed by atoms with Gasteiger partial charge in [0.05, 0.1) is 18.2 Å². The Kier molecular flexibility index (Phi) is 5.93. The van der Waals surface area contributed by atoms with Crippen LogP contribution in [-0.4, -0.2) is 28.4 Å². The lowest BCUT2D eigenvalue weighted by Crippen LogP contribution is -2.05. The molecule has 0 aliphatic rings. The lowest BCUT2D eigenvalue weighted by molar-refractivity contribution is 0.278. The Morgan fingerprint density at radius 2 is 1.73 bits per heavy atom. The molecular weight excluding hydrogens is 440 g/mol. The number of nitrogens with zero attached hydrogens (tertiary/aromatic N) is 2. The molecule has 1 heterocycles. The average Bonchev–Trinajstić information content (AvgIpc) is 3.15. The number of rotatable bonds is 6. The Hall–Kier alpha value is -2.63. The van der Waals surface area contributed by atoms with Gasteiger partial charge in [0.1, 0.15) is 22.6 Å². The summed E-state index contributed by atoms with van der Waals surface area (Å²) in [6, 6.07) is 20.7. The van der Waals surface area contributed by atoms with Gasteiger partial charge in [-0.25, -0.2) is 4.98 Å². The molecule has 1 aromatic heterocycles. The minimum absolute atomic E-state index is 0.0176. The SMILES string of the molecule is COc1cc(-c2ccccc2)c(Br)c2nc(-c3ccc(C(C)C)cc3)n(CCO)c12. The molecule has 3 aromatic carbocycles. The number of imidazole rings is 1. The van der Waals surface area contributed by atoms with Gasteiger partial charge in [-0.15, -0.1) is 0 Å². The van der Waals surface area contributed by atoms with Crippen LogP contribution in [0.15, 0.2) is 65.1 Å². The van der Waals surface area contributed by atoms with Crippen LogP contribution in [-0.2, 0) is 6.54 Å². The van der Waals surface area contributed by atoms with E-state index in [0.717, 1.165) is 43.8 Å². The highest BCUT2D eigenvalue weighted by Gasteiger charge is 2.21. The fourth-order valence-corrected chi connectivity index (χ4v) is 4.40. The molecule has 0 spiro atoms. The summed E-state index contributed by atoms with van der Waals surface area (Å²) in [6.45, 7) is 4.82. The van der Waals surface area contributed by atoms with Gasteiger partial charge in [-0.1, -0.05) is 68.4 Å². The van der Waals surface area contributed by atoms with E-state index in [9.17, 15) is 5.11 Å². The van der Waals surface area contributed by atoms with Crippen molar-refractivity contribution < 1.29 is 9.84 Å². The molecule has 0 bridgehead atoms. The van der Waals surface area contributed by atoms with E-state index in [0.29, 0.717) is 12.5 Å². The number of ether oxygens (including phenoxy) is 1. The number of aliphatic hydroxyl groups excluding tert-OH is 1. The van der Waals surface area contributed by atoms with Crippen LogP contribution in [0.3, 0.4) is 0 Å². The first kappa shape index (κ1) is 20.6. The number of hydrogen-bond donors (Lipinski definition) is 1. The molecule has 0 atom stereocenters. The number of halogens is 1. The molecule has 0 aliphatic heterocycles. The number of benzene rings is 3. The third-order valence-electron chi connectivity index (χ3n) is 5.38. The van der Waals surface area contributed by atoms with E-state index in [-0.39, 0.29) is 6.61 Å². The molecular formula is C25H25BrN2O2. The van der Waals surface area contributed by atoms with Crippen LogP contribution < -0.4 is 4.74 Å². The Labute approximate surface area is 185 Å². The molecule has 0 aliphatic carbocycles. The van der Waals surface area contributed by atoms with Crippen LogP contribution >= 0.6 is 15.9 Å². The van der Waals surface area contributed by atoms with E-state index in [2.05, 4.69) is 66.2 Å². The molecule has 0 unspecified atom stereocenters. The normalized spacial score (nSPS) is 11.4. The number of aromatic nitrogens is 2. The van der Waals surface area contributed by atoms with Gasteiger partial charge in [-0.2, -0.15) is 0 Å². The minimum Gasteiger partial charge on any atom is -0.494 e. The molecule has 0 amide bonds. The summed E-state index contributed by atoms with van der Waals surface area (Å²) >= 11 is 3.79. The maximum absolute atomic E-state index is 9.75. The van der Waals surface area contributed by atoms with Gasteiger partial charge >= 0.3 is 0 Å². The topological polar surface area (TPSA) is 47.3 Å². The van der Waals surface area contributed by atoms with Gasteiger partial charge in [0.2, 0.25) is 0 Å². The fourth-order valence-electron chi connectivity index (χ4n) is 3.78. The fraction of sp³-hybridized carbons (Fsp3) is 0.240. The quantitative estimate of drug-likeness (QED) is 0.366. The van der Waals surface area contributed by atoms with Gasteiger partial charge < -0.3 is 14.4 Å². The molecule has 1 N–H and O–H groups in total. The first-order valence-corrected chi connectivity index (χ1v) is 10.9. The highest BCUT2D eigenvalue weighted by atomic mass is 79.9. The van der Waals surface area contributed by atoms with Crippen molar-refractivity contribution in [2.24, 2.45) is 0 Å². The summed E-state index contributed by atoms with van der Waals surface area (Å²) in [7, 11) is 1.67. The van der Waals surface area contributed by atoms with E-state index < -0.39 is 0 Å². The average molecular weight is 465 g/mol. The number of hydrogen-bond acceptors (Lipinski definition) is 3. The second-order valence-electron chi connectivity index (χ2n) is 7.59. The standard InChI is InChI=1S/C25H25BrN2O2/c1-16(2)17-9-11-19(12-10-17)25-27-23-22(26)20(18-7-5-4-6-8-18)15-21(30-3)24(23)28(25)13-14-29/h4-12,15-16,29H,13-14H2,1-3H3. The Morgan fingerprint density at radius 3 is 2.33 bits per heavy atom. The van der Waals surface area contributed by atoms with E-state index in [1.54, 1.807) is 7.11 Å². The molecule has 4 aromatic rings.